The number of nitrogens with two attached hydrogens (primary N) is 1. The van der Waals surface area contributed by atoms with Gasteiger partial charge in [0.15, 0.2) is 0 Å². The van der Waals surface area contributed by atoms with Crippen LogP contribution in [0, 0.1) is 5.92 Å². The summed E-state index contributed by atoms with van der Waals surface area (Å²) in [7, 11) is 0. The number of nitrogen functional groups attached to an aromatic ring is 1. The Hall–Kier alpha value is -1.49. The number of nitrogens with zero attached hydrogens (tertiary/aromatic N) is 1. The van der Waals surface area contributed by atoms with Crippen LogP contribution in [0.2, 0.25) is 0 Å². The van der Waals surface area contributed by atoms with E-state index in [1.807, 2.05) is 10.8 Å². The highest BCUT2D eigenvalue weighted by Crippen LogP contribution is 2.38. The van der Waals surface area contributed by atoms with Crippen LogP contribution in [0.3, 0.4) is 0 Å². The summed E-state index contributed by atoms with van der Waals surface area (Å²) in [5.74, 6) is 0.617. The SMILES string of the molecule is CCCn1cc(N)cc1C(=O)NC1CCOC1C1CC1. The maximum atomic E-state index is 12.5. The number of anilines is 1. The molecular weight excluding hydrogens is 254 g/mol. The molecule has 0 aromatic carbocycles. The summed E-state index contributed by atoms with van der Waals surface area (Å²) in [5.41, 5.74) is 7.12. The Bertz CT molecular complexity index is 493. The third-order valence-corrected chi connectivity index (χ3v) is 4.15. The van der Waals surface area contributed by atoms with Crippen LogP contribution in [0.5, 0.6) is 0 Å². The number of ether oxygens (including phenoxy) is 1. The second-order valence-electron chi connectivity index (χ2n) is 5.89. The summed E-state index contributed by atoms with van der Waals surface area (Å²) in [4.78, 5) is 12.5. The van der Waals surface area contributed by atoms with Crippen molar-refractivity contribution in [3.05, 3.63) is 18.0 Å². The van der Waals surface area contributed by atoms with Gasteiger partial charge < -0.3 is 20.4 Å². The van der Waals surface area contributed by atoms with Crippen molar-refractivity contribution >= 4 is 11.6 Å². The predicted octanol–water partition coefficient (Wildman–Crippen LogP) is 1.78. The first-order valence-corrected chi connectivity index (χ1v) is 7.57. The van der Waals surface area contributed by atoms with Gasteiger partial charge in [-0.1, -0.05) is 6.92 Å². The van der Waals surface area contributed by atoms with E-state index in [4.69, 9.17) is 10.5 Å². The fourth-order valence-corrected chi connectivity index (χ4v) is 3.05. The van der Waals surface area contributed by atoms with Gasteiger partial charge in [0.2, 0.25) is 0 Å². The van der Waals surface area contributed by atoms with Crippen LogP contribution in [-0.4, -0.2) is 29.2 Å². The van der Waals surface area contributed by atoms with Crippen LogP contribution < -0.4 is 11.1 Å². The van der Waals surface area contributed by atoms with E-state index in [1.54, 1.807) is 6.07 Å². The van der Waals surface area contributed by atoms with Crippen molar-refractivity contribution in [3.63, 3.8) is 0 Å². The lowest BCUT2D eigenvalue weighted by atomic mass is 10.1. The quantitative estimate of drug-likeness (QED) is 0.862. The molecule has 2 heterocycles. The van der Waals surface area contributed by atoms with Crippen molar-refractivity contribution in [3.8, 4) is 0 Å². The lowest BCUT2D eigenvalue weighted by Crippen LogP contribution is -2.42. The Kier molecular flexibility index (Phi) is 3.70. The first-order valence-electron chi connectivity index (χ1n) is 7.57. The van der Waals surface area contributed by atoms with Gasteiger partial charge in [-0.05, 0) is 37.7 Å². The molecule has 110 valence electrons. The van der Waals surface area contributed by atoms with Gasteiger partial charge in [-0.3, -0.25) is 4.79 Å². The Morgan fingerprint density at radius 1 is 1.50 bits per heavy atom. The summed E-state index contributed by atoms with van der Waals surface area (Å²) in [6.07, 6.45) is 6.41. The highest BCUT2D eigenvalue weighted by molar-refractivity contribution is 5.94. The zero-order valence-electron chi connectivity index (χ0n) is 12.0. The monoisotopic (exact) mass is 277 g/mol. The highest BCUT2D eigenvalue weighted by atomic mass is 16.5. The lowest BCUT2D eigenvalue weighted by molar-refractivity contribution is 0.0725. The Balaban J connectivity index is 1.69. The molecule has 0 radical (unpaired) electrons. The largest absolute Gasteiger partial charge is 0.397 e. The van der Waals surface area contributed by atoms with E-state index in [-0.39, 0.29) is 18.1 Å². The van der Waals surface area contributed by atoms with E-state index in [1.165, 1.54) is 12.8 Å². The van der Waals surface area contributed by atoms with Gasteiger partial charge >= 0.3 is 0 Å². The minimum absolute atomic E-state index is 0.0312. The zero-order valence-corrected chi connectivity index (χ0v) is 12.0. The van der Waals surface area contributed by atoms with Crippen molar-refractivity contribution in [2.75, 3.05) is 12.3 Å². The molecule has 0 spiro atoms. The second kappa shape index (κ2) is 5.48. The Morgan fingerprint density at radius 3 is 3.00 bits per heavy atom. The molecule has 2 fully saturated rings. The first-order chi connectivity index (χ1) is 9.69. The van der Waals surface area contributed by atoms with Crippen LogP contribution in [0.1, 0.15) is 43.1 Å². The Labute approximate surface area is 119 Å². The van der Waals surface area contributed by atoms with Crippen molar-refractivity contribution in [2.45, 2.75) is 51.3 Å². The van der Waals surface area contributed by atoms with E-state index < -0.39 is 0 Å². The number of amides is 1. The molecule has 5 heteroatoms. The molecule has 0 bridgehead atoms. The van der Waals surface area contributed by atoms with E-state index in [9.17, 15) is 4.79 Å². The van der Waals surface area contributed by atoms with Gasteiger partial charge in [0.05, 0.1) is 17.8 Å². The zero-order chi connectivity index (χ0) is 14.1. The van der Waals surface area contributed by atoms with Crippen LogP contribution in [-0.2, 0) is 11.3 Å². The molecule has 2 unspecified atom stereocenters. The van der Waals surface area contributed by atoms with Crippen molar-refractivity contribution in [1.29, 1.82) is 0 Å². The molecule has 1 amide bonds. The van der Waals surface area contributed by atoms with Crippen LogP contribution in [0.25, 0.3) is 0 Å². The molecule has 20 heavy (non-hydrogen) atoms. The first kappa shape index (κ1) is 13.5. The number of aryl methyl sites for hydroxylation is 1. The van der Waals surface area contributed by atoms with Crippen LogP contribution in [0.4, 0.5) is 5.69 Å². The fourth-order valence-electron chi connectivity index (χ4n) is 3.05. The molecule has 3 rings (SSSR count). The van der Waals surface area contributed by atoms with E-state index in [0.29, 0.717) is 17.3 Å². The number of hydrogen-bond acceptors (Lipinski definition) is 3. The van der Waals surface area contributed by atoms with Crippen molar-refractivity contribution < 1.29 is 9.53 Å². The van der Waals surface area contributed by atoms with Gasteiger partial charge in [-0.15, -0.1) is 0 Å². The van der Waals surface area contributed by atoms with E-state index >= 15 is 0 Å². The molecule has 3 N–H and O–H groups in total. The number of hydrogen-bond donors (Lipinski definition) is 2. The third kappa shape index (κ3) is 2.68. The topological polar surface area (TPSA) is 69.3 Å². The summed E-state index contributed by atoms with van der Waals surface area (Å²) < 4.78 is 7.70. The van der Waals surface area contributed by atoms with Gasteiger partial charge in [-0.25, -0.2) is 0 Å². The smallest absolute Gasteiger partial charge is 0.268 e. The molecule has 1 aliphatic heterocycles. The van der Waals surface area contributed by atoms with Crippen LogP contribution in [0.15, 0.2) is 12.3 Å². The van der Waals surface area contributed by atoms with Crippen molar-refractivity contribution in [2.24, 2.45) is 5.92 Å². The average Bonchev–Trinajstić information content (AvgIpc) is 3.04. The van der Waals surface area contributed by atoms with E-state index in [0.717, 1.165) is 26.0 Å². The van der Waals surface area contributed by atoms with Gasteiger partial charge in [0.1, 0.15) is 5.69 Å². The Morgan fingerprint density at radius 2 is 2.30 bits per heavy atom. The predicted molar refractivity (Wildman–Crippen MR) is 77.5 cm³/mol. The summed E-state index contributed by atoms with van der Waals surface area (Å²) >= 11 is 0. The molecule has 2 aliphatic rings. The molecule has 1 saturated heterocycles. The maximum Gasteiger partial charge on any atom is 0.268 e. The van der Waals surface area contributed by atoms with Crippen LogP contribution >= 0.6 is 0 Å². The minimum atomic E-state index is -0.0312. The van der Waals surface area contributed by atoms with Gasteiger partial charge in [-0.2, -0.15) is 0 Å². The molecule has 5 nitrogen and oxygen atoms in total. The number of carbonyl (C=O) groups excluding carboxylic acids is 1. The number of nitrogens with one attached hydrogen (secondary N) is 1. The normalized spacial score (nSPS) is 25.9. The average molecular weight is 277 g/mol. The minimum Gasteiger partial charge on any atom is -0.397 e. The highest BCUT2D eigenvalue weighted by Gasteiger charge is 2.41. The van der Waals surface area contributed by atoms with Gasteiger partial charge in [0, 0.05) is 19.3 Å². The molecule has 1 aliphatic carbocycles. The lowest BCUT2D eigenvalue weighted by Gasteiger charge is -2.19. The fraction of sp³-hybridized carbons (Fsp3) is 0.667. The van der Waals surface area contributed by atoms with E-state index in [2.05, 4.69) is 12.2 Å². The van der Waals surface area contributed by atoms with Crippen molar-refractivity contribution in [1.82, 2.24) is 9.88 Å². The molecule has 1 aromatic heterocycles. The number of carbonyl (C=O) groups is 1. The number of rotatable bonds is 5. The molecule has 1 saturated carbocycles. The summed E-state index contributed by atoms with van der Waals surface area (Å²) in [6, 6.07) is 1.91. The summed E-state index contributed by atoms with van der Waals surface area (Å²) in [5, 5.41) is 3.14. The molecule has 2 atom stereocenters. The third-order valence-electron chi connectivity index (χ3n) is 4.15. The van der Waals surface area contributed by atoms with Gasteiger partial charge in [0.25, 0.3) is 5.91 Å². The standard InChI is InChI=1S/C15H23N3O2/c1-2-6-18-9-11(16)8-13(18)15(19)17-12-5-7-20-14(12)10-3-4-10/h8-10,12,14H,2-7,16H2,1H3,(H,17,19). The summed E-state index contributed by atoms with van der Waals surface area (Å²) in [6.45, 7) is 3.66. The molecule has 1 aromatic rings. The molecular formula is C15H23N3O2. The maximum absolute atomic E-state index is 12.5. The second-order valence-corrected chi connectivity index (χ2v) is 5.89. The number of aromatic nitrogens is 1.